The Bertz CT molecular complexity index is 503. The average molecular weight is 311 g/mol. The van der Waals surface area contributed by atoms with Gasteiger partial charge in [-0.15, -0.1) is 11.3 Å². The number of carboxylic acid groups (broad SMARTS) is 1. The number of aliphatic carboxylic acids is 1. The van der Waals surface area contributed by atoms with Crippen LogP contribution < -0.4 is 5.32 Å². The van der Waals surface area contributed by atoms with E-state index in [0.29, 0.717) is 25.4 Å². The highest BCUT2D eigenvalue weighted by molar-refractivity contribution is 7.09. The SMILES string of the molecule is Cc1nc(CNC(=O)N2CCCC(CCC(=O)O)C2)cs1. The zero-order chi connectivity index (χ0) is 15.2. The Hall–Kier alpha value is -1.63. The van der Waals surface area contributed by atoms with Gasteiger partial charge in [-0.2, -0.15) is 0 Å². The number of hydrogen-bond donors (Lipinski definition) is 2. The quantitative estimate of drug-likeness (QED) is 0.873. The van der Waals surface area contributed by atoms with Crippen LogP contribution >= 0.6 is 11.3 Å². The van der Waals surface area contributed by atoms with Crippen molar-refractivity contribution in [3.63, 3.8) is 0 Å². The molecule has 2 heterocycles. The van der Waals surface area contributed by atoms with Crippen LogP contribution in [-0.4, -0.2) is 40.1 Å². The second kappa shape index (κ2) is 7.40. The van der Waals surface area contributed by atoms with E-state index in [4.69, 9.17) is 5.11 Å². The maximum absolute atomic E-state index is 12.1. The van der Waals surface area contributed by atoms with Crippen molar-refractivity contribution >= 4 is 23.3 Å². The first-order valence-corrected chi connectivity index (χ1v) is 8.08. The molecule has 1 unspecified atom stereocenters. The first kappa shape index (κ1) is 15.8. The predicted octanol–water partition coefficient (Wildman–Crippen LogP) is 2.24. The van der Waals surface area contributed by atoms with Gasteiger partial charge in [0.25, 0.3) is 0 Å². The van der Waals surface area contributed by atoms with Crippen molar-refractivity contribution in [2.24, 2.45) is 5.92 Å². The smallest absolute Gasteiger partial charge is 0.317 e. The molecule has 1 atom stereocenters. The Balaban J connectivity index is 1.77. The number of thiazole rings is 1. The van der Waals surface area contributed by atoms with E-state index in [-0.39, 0.29) is 12.5 Å². The third kappa shape index (κ3) is 5.00. The molecule has 1 aromatic heterocycles. The maximum Gasteiger partial charge on any atom is 0.317 e. The van der Waals surface area contributed by atoms with Crippen LogP contribution in [0.1, 0.15) is 36.4 Å². The second-order valence-corrected chi connectivity index (χ2v) is 6.47. The molecule has 0 spiro atoms. The number of carbonyl (C=O) groups is 2. The molecule has 7 heteroatoms. The van der Waals surface area contributed by atoms with Crippen molar-refractivity contribution in [1.82, 2.24) is 15.2 Å². The Labute approximate surface area is 128 Å². The summed E-state index contributed by atoms with van der Waals surface area (Å²) in [6.45, 7) is 3.77. The Morgan fingerprint density at radius 2 is 2.38 bits per heavy atom. The second-order valence-electron chi connectivity index (χ2n) is 5.40. The van der Waals surface area contributed by atoms with Crippen LogP contribution in [0.3, 0.4) is 0 Å². The van der Waals surface area contributed by atoms with Gasteiger partial charge in [-0.3, -0.25) is 4.79 Å². The molecule has 6 nitrogen and oxygen atoms in total. The summed E-state index contributed by atoms with van der Waals surface area (Å²) in [5.41, 5.74) is 0.880. The first-order valence-electron chi connectivity index (χ1n) is 7.20. The van der Waals surface area contributed by atoms with Gasteiger partial charge in [0.2, 0.25) is 0 Å². The van der Waals surface area contributed by atoms with E-state index in [1.807, 2.05) is 12.3 Å². The minimum atomic E-state index is -0.768. The number of piperidine rings is 1. The van der Waals surface area contributed by atoms with Crippen molar-refractivity contribution in [1.29, 1.82) is 0 Å². The fourth-order valence-corrected chi connectivity index (χ4v) is 3.19. The first-order chi connectivity index (χ1) is 10.0. The van der Waals surface area contributed by atoms with Gasteiger partial charge in [0, 0.05) is 24.9 Å². The summed E-state index contributed by atoms with van der Waals surface area (Å²) < 4.78 is 0. The largest absolute Gasteiger partial charge is 0.481 e. The van der Waals surface area contributed by atoms with Crippen LogP contribution in [0.25, 0.3) is 0 Å². The number of aromatic nitrogens is 1. The monoisotopic (exact) mass is 311 g/mol. The Kier molecular flexibility index (Phi) is 5.55. The molecule has 2 N–H and O–H groups in total. The highest BCUT2D eigenvalue weighted by Gasteiger charge is 2.23. The Morgan fingerprint density at radius 3 is 3.05 bits per heavy atom. The zero-order valence-electron chi connectivity index (χ0n) is 12.2. The molecule has 0 aromatic carbocycles. The van der Waals surface area contributed by atoms with Crippen molar-refractivity contribution in [2.75, 3.05) is 13.1 Å². The number of carbonyl (C=O) groups excluding carboxylic acids is 1. The number of amides is 2. The van der Waals surface area contributed by atoms with E-state index in [0.717, 1.165) is 30.1 Å². The molecule has 2 amide bonds. The molecule has 2 rings (SSSR count). The number of nitrogens with zero attached hydrogens (tertiary/aromatic N) is 2. The molecular formula is C14H21N3O3S. The lowest BCUT2D eigenvalue weighted by Gasteiger charge is -2.32. The molecule has 21 heavy (non-hydrogen) atoms. The summed E-state index contributed by atoms with van der Waals surface area (Å²) in [4.78, 5) is 28.9. The number of carboxylic acids is 1. The van der Waals surface area contributed by atoms with Gasteiger partial charge in [0.05, 0.1) is 17.2 Å². The maximum atomic E-state index is 12.1. The van der Waals surface area contributed by atoms with Crippen LogP contribution in [0.2, 0.25) is 0 Å². The van der Waals surface area contributed by atoms with E-state index in [1.54, 1.807) is 16.2 Å². The van der Waals surface area contributed by atoms with Crippen LogP contribution in [0.5, 0.6) is 0 Å². The fourth-order valence-electron chi connectivity index (χ4n) is 2.58. The van der Waals surface area contributed by atoms with Gasteiger partial charge in [0.15, 0.2) is 0 Å². The number of likely N-dealkylation sites (tertiary alicyclic amines) is 1. The predicted molar refractivity (Wildman–Crippen MR) is 80.3 cm³/mol. The average Bonchev–Trinajstić information content (AvgIpc) is 2.88. The zero-order valence-corrected chi connectivity index (χ0v) is 13.0. The molecule has 1 aromatic rings. The third-order valence-electron chi connectivity index (χ3n) is 3.66. The van der Waals surface area contributed by atoms with E-state index in [1.165, 1.54) is 0 Å². The van der Waals surface area contributed by atoms with Gasteiger partial charge in [0.1, 0.15) is 0 Å². The molecule has 1 saturated heterocycles. The topological polar surface area (TPSA) is 82.5 Å². The number of nitrogens with one attached hydrogen (secondary N) is 1. The van der Waals surface area contributed by atoms with Crippen molar-refractivity contribution in [2.45, 2.75) is 39.2 Å². The number of aryl methyl sites for hydroxylation is 1. The van der Waals surface area contributed by atoms with Gasteiger partial charge in [-0.05, 0) is 32.1 Å². The summed E-state index contributed by atoms with van der Waals surface area (Å²) in [6, 6.07) is -0.0827. The van der Waals surface area contributed by atoms with Crippen LogP contribution in [0.4, 0.5) is 4.79 Å². The standard InChI is InChI=1S/C14H21N3O3S/c1-10-16-12(9-21-10)7-15-14(20)17-6-2-3-11(8-17)4-5-13(18)19/h9,11H,2-8H2,1H3,(H,15,20)(H,18,19). The van der Waals surface area contributed by atoms with Crippen LogP contribution in [0.15, 0.2) is 5.38 Å². The molecule has 0 bridgehead atoms. The van der Waals surface area contributed by atoms with Crippen LogP contribution in [0, 0.1) is 12.8 Å². The number of rotatable bonds is 5. The number of hydrogen-bond acceptors (Lipinski definition) is 4. The number of urea groups is 1. The van der Waals surface area contributed by atoms with Crippen LogP contribution in [-0.2, 0) is 11.3 Å². The molecular weight excluding hydrogens is 290 g/mol. The summed E-state index contributed by atoms with van der Waals surface area (Å²) in [5, 5.41) is 14.6. The van der Waals surface area contributed by atoms with E-state index in [2.05, 4.69) is 10.3 Å². The lowest BCUT2D eigenvalue weighted by Crippen LogP contribution is -2.45. The third-order valence-corrected chi connectivity index (χ3v) is 4.48. The summed E-state index contributed by atoms with van der Waals surface area (Å²) in [5.74, 6) is -0.474. The molecule has 0 aliphatic carbocycles. The van der Waals surface area contributed by atoms with Gasteiger partial charge >= 0.3 is 12.0 Å². The van der Waals surface area contributed by atoms with E-state index < -0.39 is 5.97 Å². The van der Waals surface area contributed by atoms with Gasteiger partial charge in [-0.25, -0.2) is 9.78 Å². The lowest BCUT2D eigenvalue weighted by molar-refractivity contribution is -0.137. The van der Waals surface area contributed by atoms with E-state index in [9.17, 15) is 9.59 Å². The summed E-state index contributed by atoms with van der Waals surface area (Å²) in [6.07, 6.45) is 2.76. The molecule has 1 fully saturated rings. The highest BCUT2D eigenvalue weighted by atomic mass is 32.1. The molecule has 0 saturated carbocycles. The van der Waals surface area contributed by atoms with Crippen molar-refractivity contribution < 1.29 is 14.7 Å². The fraction of sp³-hybridized carbons (Fsp3) is 0.643. The molecule has 1 aliphatic rings. The van der Waals surface area contributed by atoms with E-state index >= 15 is 0 Å². The molecule has 0 radical (unpaired) electrons. The summed E-state index contributed by atoms with van der Waals surface area (Å²) >= 11 is 1.57. The molecule has 1 aliphatic heterocycles. The van der Waals surface area contributed by atoms with Gasteiger partial charge in [-0.1, -0.05) is 0 Å². The van der Waals surface area contributed by atoms with Crippen molar-refractivity contribution in [3.8, 4) is 0 Å². The van der Waals surface area contributed by atoms with Gasteiger partial charge < -0.3 is 15.3 Å². The lowest BCUT2D eigenvalue weighted by atomic mass is 9.93. The minimum Gasteiger partial charge on any atom is -0.481 e. The Morgan fingerprint density at radius 1 is 1.57 bits per heavy atom. The summed E-state index contributed by atoms with van der Waals surface area (Å²) in [7, 11) is 0. The molecule has 116 valence electrons. The van der Waals surface area contributed by atoms with Crippen molar-refractivity contribution in [3.05, 3.63) is 16.1 Å². The minimum absolute atomic E-state index is 0.0827. The highest BCUT2D eigenvalue weighted by Crippen LogP contribution is 2.21. The normalized spacial score (nSPS) is 18.5.